The maximum Gasteiger partial charge on any atom is 0.416 e. The summed E-state index contributed by atoms with van der Waals surface area (Å²) in [6, 6.07) is 19.5. The smallest absolute Gasteiger partial charge is 0.363 e. The van der Waals surface area contributed by atoms with Gasteiger partial charge in [-0.05, 0) is 59.7 Å². The van der Waals surface area contributed by atoms with Crippen LogP contribution < -0.4 is 26.8 Å². The summed E-state index contributed by atoms with van der Waals surface area (Å²) < 4.78 is 353. The van der Waals surface area contributed by atoms with Gasteiger partial charge in [0.25, 0.3) is 0 Å². The molecular weight excluding hydrogens is 1220 g/mol. The maximum absolute atomic E-state index is 14.2. The van der Waals surface area contributed by atoms with E-state index in [-0.39, 0.29) is 11.5 Å². The normalized spacial score (nSPS) is 13.3. The lowest BCUT2D eigenvalue weighted by Gasteiger charge is -2.46. The molecule has 0 spiro atoms. The van der Waals surface area contributed by atoms with Crippen molar-refractivity contribution >= 4 is 49.4 Å². The van der Waals surface area contributed by atoms with Crippen LogP contribution in [0.3, 0.4) is 0 Å². The van der Waals surface area contributed by atoms with Crippen LogP contribution in [-0.4, -0.2) is 30.2 Å². The zero-order valence-electron chi connectivity index (χ0n) is 43.0. The highest BCUT2D eigenvalue weighted by Crippen LogP contribution is 2.42. The predicted molar refractivity (Wildman–Crippen MR) is 268 cm³/mol. The van der Waals surface area contributed by atoms with Crippen molar-refractivity contribution in [1.29, 1.82) is 0 Å². The SMILES string of the molecule is C[S+](C)(=O)CC(=O)c1ccc(N(Cc2ccccc2)Cc2ccccc2)cc1.FC(F)(F)c1cc([B-](c2cc(C(F)(F)F)cc(C(F)(F)F)c2)(c2cc(C(F)(F)F)cc(C(F)(F)F)c2)c2cc(C(F)(F)F)cc(C(F)(F)F)c2)cc(C(F)(F)F)c1. The van der Waals surface area contributed by atoms with Gasteiger partial charge in [0, 0.05) is 24.3 Å². The van der Waals surface area contributed by atoms with E-state index in [4.69, 9.17) is 0 Å². The lowest BCUT2D eigenvalue weighted by Crippen LogP contribution is -2.75. The number of halogens is 24. The Morgan fingerprint density at radius 3 is 0.776 bits per heavy atom. The van der Waals surface area contributed by atoms with Gasteiger partial charge in [-0.15, -0.1) is 4.21 Å². The average Bonchev–Trinajstić information content (AvgIpc) is 1.07. The van der Waals surface area contributed by atoms with Crippen molar-refractivity contribution in [2.24, 2.45) is 0 Å². The van der Waals surface area contributed by atoms with Gasteiger partial charge >= 0.3 is 49.4 Å². The Morgan fingerprint density at radius 1 is 0.353 bits per heavy atom. The number of alkyl halides is 24. The highest BCUT2D eigenvalue weighted by molar-refractivity contribution is 8.02. The maximum atomic E-state index is 14.2. The summed E-state index contributed by atoms with van der Waals surface area (Å²) >= 11 is 0. The van der Waals surface area contributed by atoms with Crippen LogP contribution in [0.15, 0.2) is 158 Å². The van der Waals surface area contributed by atoms with Crippen molar-refractivity contribution in [2.75, 3.05) is 23.2 Å². The molecule has 3 nitrogen and oxygen atoms in total. The number of carbonyl (C=O) groups excluding carboxylic acids is 1. The van der Waals surface area contributed by atoms with Crippen LogP contribution in [0.4, 0.5) is 111 Å². The number of anilines is 1. The van der Waals surface area contributed by atoms with Crippen molar-refractivity contribution in [3.8, 4) is 0 Å². The number of ketones is 1. The first-order valence-electron chi connectivity index (χ1n) is 23.9. The van der Waals surface area contributed by atoms with Gasteiger partial charge in [-0.25, -0.2) is 0 Å². The Balaban J connectivity index is 0.000000343. The molecule has 0 heterocycles. The van der Waals surface area contributed by atoms with Crippen LogP contribution in [0.1, 0.15) is 66.0 Å². The highest BCUT2D eigenvalue weighted by atomic mass is 32.2. The van der Waals surface area contributed by atoms with E-state index in [1.54, 1.807) is 12.5 Å². The Kier molecular flexibility index (Phi) is 18.7. The number of hydrogen-bond acceptors (Lipinski definition) is 3. The molecule has 0 N–H and O–H groups in total. The van der Waals surface area contributed by atoms with Gasteiger partial charge in [-0.1, -0.05) is 109 Å². The van der Waals surface area contributed by atoms with Crippen molar-refractivity contribution in [1.82, 2.24) is 0 Å². The molecule has 85 heavy (non-hydrogen) atoms. The molecule has 7 aromatic rings. The van der Waals surface area contributed by atoms with E-state index in [1.165, 1.54) is 11.1 Å². The van der Waals surface area contributed by atoms with Crippen LogP contribution in [-0.2, 0) is 76.6 Å². The third-order valence-electron chi connectivity index (χ3n) is 12.9. The standard InChI is InChI=1S/C32H12BF24.C24H26NO2S/c34-25(35,36)13-1-14(26(37,38)39)6-21(5-13)33(22-7-15(27(40,41)42)2-16(8-22)28(43,44)45,23-9-17(29(46,47)48)3-18(10-23)30(49,50)51)24-11-19(31(52,53)54)4-20(12-24)32(55,56)57;1-28(2,27)19-24(26)22-13-15-23(16-14-22)25(17-20-9-5-3-6-10-20)18-21-11-7-4-8-12-21/h1-12H;3-16H,17-19H2,1-2H3/q-1;+1. The zero-order valence-corrected chi connectivity index (χ0v) is 43.8. The largest absolute Gasteiger partial charge is 0.416 e. The molecule has 0 saturated heterocycles. The fourth-order valence-electron chi connectivity index (χ4n) is 9.17. The van der Waals surface area contributed by atoms with E-state index in [2.05, 4.69) is 29.2 Å². The summed E-state index contributed by atoms with van der Waals surface area (Å²) in [6.07, 6.45) is -51.6. The van der Waals surface area contributed by atoms with E-state index in [9.17, 15) is 114 Å². The lowest BCUT2D eigenvalue weighted by molar-refractivity contribution is -0.144. The average molecular weight is 1260 g/mol. The molecule has 0 aliphatic heterocycles. The summed E-state index contributed by atoms with van der Waals surface area (Å²) in [5.74, 6) is 0.0172. The molecule has 7 aromatic carbocycles. The van der Waals surface area contributed by atoms with Gasteiger partial charge in [0.1, 0.15) is 18.7 Å². The summed E-state index contributed by atoms with van der Waals surface area (Å²) in [5, 5.41) is 0. The monoisotopic (exact) mass is 1260 g/mol. The summed E-state index contributed by atoms with van der Waals surface area (Å²) in [4.78, 5) is 14.6. The minimum atomic E-state index is -6.13. The number of rotatable bonds is 12. The first-order valence-corrected chi connectivity index (χ1v) is 26.4. The van der Waals surface area contributed by atoms with Gasteiger partial charge in [-0.2, -0.15) is 127 Å². The first kappa shape index (κ1) is 66.7. The molecule has 7 rings (SSSR count). The van der Waals surface area contributed by atoms with Crippen LogP contribution in [0.5, 0.6) is 0 Å². The number of carbonyl (C=O) groups is 1. The van der Waals surface area contributed by atoms with Crippen molar-refractivity contribution in [3.05, 3.63) is 219 Å². The summed E-state index contributed by atoms with van der Waals surface area (Å²) in [7, 11) is -2.09. The van der Waals surface area contributed by atoms with Crippen LogP contribution in [0.25, 0.3) is 0 Å². The Hall–Kier alpha value is -7.46. The number of hydrogen-bond donors (Lipinski definition) is 0. The van der Waals surface area contributed by atoms with Crippen LogP contribution in [0.2, 0.25) is 0 Å². The Bertz CT molecular complexity index is 3060. The quantitative estimate of drug-likeness (QED) is 0.0530. The summed E-state index contributed by atoms with van der Waals surface area (Å²) in [5.41, 5.74) is -26.1. The lowest BCUT2D eigenvalue weighted by atomic mass is 9.12. The van der Waals surface area contributed by atoms with E-state index in [0.29, 0.717) is 5.56 Å². The number of nitrogens with zero attached hydrogens (tertiary/aromatic N) is 1. The molecule has 0 amide bonds. The third kappa shape index (κ3) is 16.7. The predicted octanol–water partition coefficient (Wildman–Crippen LogP) is 16.0. The molecular formula is C56H38BF24NO2S. The second kappa shape index (κ2) is 23.8. The topological polar surface area (TPSA) is 37.4 Å². The van der Waals surface area contributed by atoms with Crippen molar-refractivity contribution in [3.63, 3.8) is 0 Å². The molecule has 0 radical (unpaired) electrons. The van der Waals surface area contributed by atoms with Gasteiger partial charge in [0.2, 0.25) is 5.78 Å². The molecule has 0 aromatic heterocycles. The fourth-order valence-corrected chi connectivity index (χ4v) is 9.97. The minimum absolute atomic E-state index is 0.0702. The molecule has 456 valence electrons. The third-order valence-corrected chi connectivity index (χ3v) is 13.9. The summed E-state index contributed by atoms with van der Waals surface area (Å²) in [6.45, 7) is 1.56. The van der Waals surface area contributed by atoms with Gasteiger partial charge in [-0.3, -0.25) is 4.79 Å². The van der Waals surface area contributed by atoms with E-state index >= 15 is 0 Å². The van der Waals surface area contributed by atoms with Crippen molar-refractivity contribution < 1.29 is 114 Å². The Labute approximate surface area is 467 Å². The second-order valence-corrected chi connectivity index (χ2v) is 22.8. The molecule has 0 aliphatic rings. The molecule has 0 unspecified atom stereocenters. The number of Topliss-reactive ketones (excluding diaryl/α,β-unsaturated/α-hetero) is 1. The Morgan fingerprint density at radius 2 is 0.576 bits per heavy atom. The molecule has 0 bridgehead atoms. The van der Waals surface area contributed by atoms with E-state index in [1.807, 2.05) is 60.7 Å². The molecule has 29 heteroatoms. The van der Waals surface area contributed by atoms with Gasteiger partial charge in [0.15, 0.2) is 5.75 Å². The molecule has 0 aliphatic carbocycles. The van der Waals surface area contributed by atoms with Crippen LogP contribution in [0, 0.1) is 0 Å². The van der Waals surface area contributed by atoms with Gasteiger partial charge < -0.3 is 4.90 Å². The first-order chi connectivity index (χ1) is 38.7. The zero-order chi connectivity index (χ0) is 63.9. The molecule has 0 atom stereocenters. The molecule has 0 saturated carbocycles. The van der Waals surface area contributed by atoms with E-state index < -0.39 is 205 Å². The highest BCUT2D eigenvalue weighted by Gasteiger charge is 2.47. The van der Waals surface area contributed by atoms with Crippen molar-refractivity contribution in [2.45, 2.75) is 62.5 Å². The second-order valence-electron chi connectivity index (χ2n) is 19.6. The molecule has 0 fully saturated rings. The fraction of sp³-hybridized carbons (Fsp3) is 0.232. The minimum Gasteiger partial charge on any atom is -0.363 e. The van der Waals surface area contributed by atoms with Crippen LogP contribution >= 0.6 is 0 Å². The van der Waals surface area contributed by atoms with E-state index in [0.717, 1.165) is 18.8 Å². The van der Waals surface area contributed by atoms with Gasteiger partial charge in [0.05, 0.1) is 54.4 Å². The number of benzene rings is 7.